The Hall–Kier alpha value is -0.990. The van der Waals surface area contributed by atoms with Crippen molar-refractivity contribution >= 4 is 71.1 Å². The van der Waals surface area contributed by atoms with E-state index in [0.717, 1.165) is 23.8 Å². The number of carbonyl (C=O) groups excluding carboxylic acids is 1. The molecule has 1 aromatic heterocycles. The van der Waals surface area contributed by atoms with Gasteiger partial charge in [-0.05, 0) is 71.8 Å². The van der Waals surface area contributed by atoms with Gasteiger partial charge in [-0.1, -0.05) is 33.3 Å². The van der Waals surface area contributed by atoms with Crippen molar-refractivity contribution in [2.75, 3.05) is 5.32 Å². The van der Waals surface area contributed by atoms with Crippen LogP contribution in [0.1, 0.15) is 21.5 Å². The van der Waals surface area contributed by atoms with E-state index in [1.165, 1.54) is 16.9 Å². The lowest BCUT2D eigenvalue weighted by atomic mass is 10.1. The zero-order valence-electron chi connectivity index (χ0n) is 11.9. The Balaban J connectivity index is 1.94. The molecule has 6 heteroatoms. The van der Waals surface area contributed by atoms with Gasteiger partial charge in [-0.2, -0.15) is 0 Å². The smallest absolute Gasteiger partial charge is 0.258 e. The molecule has 2 aromatic carbocycles. The van der Waals surface area contributed by atoms with Crippen molar-refractivity contribution < 1.29 is 4.79 Å². The van der Waals surface area contributed by atoms with Gasteiger partial charge in [0.25, 0.3) is 5.91 Å². The first kappa shape index (κ1) is 15.9. The molecule has 0 saturated carbocycles. The van der Waals surface area contributed by atoms with Crippen molar-refractivity contribution in [1.82, 2.24) is 4.98 Å². The van der Waals surface area contributed by atoms with Gasteiger partial charge in [0, 0.05) is 8.04 Å². The first-order valence-electron chi connectivity index (χ1n) is 6.58. The second-order valence-electron chi connectivity index (χ2n) is 5.03. The van der Waals surface area contributed by atoms with Gasteiger partial charge in [0.15, 0.2) is 5.13 Å². The fourth-order valence-electron chi connectivity index (χ4n) is 2.26. The number of thiazole rings is 1. The van der Waals surface area contributed by atoms with E-state index in [4.69, 9.17) is 0 Å². The van der Waals surface area contributed by atoms with Crippen LogP contribution in [0.15, 0.2) is 34.8 Å². The maximum Gasteiger partial charge on any atom is 0.258 e. The van der Waals surface area contributed by atoms with Gasteiger partial charge in [0.1, 0.15) is 0 Å². The van der Waals surface area contributed by atoms with Gasteiger partial charge in [-0.15, -0.1) is 0 Å². The zero-order valence-corrected chi connectivity index (χ0v) is 16.5. The number of nitrogens with zero attached hydrogens (tertiary/aromatic N) is 1. The van der Waals surface area contributed by atoms with E-state index in [1.807, 2.05) is 25.1 Å². The van der Waals surface area contributed by atoms with E-state index in [2.05, 4.69) is 67.9 Å². The van der Waals surface area contributed by atoms with Crippen LogP contribution in [0.25, 0.3) is 10.2 Å². The monoisotopic (exact) mass is 486 g/mol. The van der Waals surface area contributed by atoms with Crippen molar-refractivity contribution in [3.05, 3.63) is 55.1 Å². The first-order valence-corrected chi connectivity index (χ1v) is 9.27. The molecule has 0 fully saturated rings. The summed E-state index contributed by atoms with van der Waals surface area (Å²) in [7, 11) is 0. The Labute approximate surface area is 154 Å². The number of fused-ring (bicyclic) bond motifs is 1. The largest absolute Gasteiger partial charge is 0.298 e. The second-order valence-corrected chi connectivity index (χ2v) is 8.13. The Morgan fingerprint density at radius 1 is 1.27 bits per heavy atom. The molecule has 0 bridgehead atoms. The van der Waals surface area contributed by atoms with E-state index < -0.39 is 0 Å². The number of aryl methyl sites for hydroxylation is 2. The van der Waals surface area contributed by atoms with Crippen LogP contribution in [0.2, 0.25) is 0 Å². The number of hydrogen-bond acceptors (Lipinski definition) is 3. The molecule has 3 nitrogen and oxygen atoms in total. The van der Waals surface area contributed by atoms with Crippen LogP contribution >= 0.6 is 49.9 Å². The highest BCUT2D eigenvalue weighted by Gasteiger charge is 2.14. The van der Waals surface area contributed by atoms with Gasteiger partial charge >= 0.3 is 0 Å². The molecule has 0 spiro atoms. The molecule has 1 amide bonds. The van der Waals surface area contributed by atoms with Crippen molar-refractivity contribution in [3.63, 3.8) is 0 Å². The summed E-state index contributed by atoms with van der Waals surface area (Å²) in [4.78, 5) is 17.0. The molecule has 112 valence electrons. The lowest BCUT2D eigenvalue weighted by Gasteiger charge is -2.04. The Bertz CT molecular complexity index is 891. The fraction of sp³-hybridized carbons (Fsp3) is 0.125. The van der Waals surface area contributed by atoms with Crippen LogP contribution in [0.5, 0.6) is 0 Å². The average molecular weight is 487 g/mol. The summed E-state index contributed by atoms with van der Waals surface area (Å²) in [5, 5.41) is 3.53. The van der Waals surface area contributed by atoms with Crippen molar-refractivity contribution in [2.24, 2.45) is 0 Å². The number of hydrogen-bond donors (Lipinski definition) is 1. The van der Waals surface area contributed by atoms with Crippen LogP contribution in [0.4, 0.5) is 5.13 Å². The lowest BCUT2D eigenvalue weighted by Crippen LogP contribution is -2.13. The van der Waals surface area contributed by atoms with E-state index in [-0.39, 0.29) is 5.91 Å². The third-order valence-electron chi connectivity index (χ3n) is 3.22. The van der Waals surface area contributed by atoms with E-state index in [9.17, 15) is 4.79 Å². The molecule has 1 N–H and O–H groups in total. The molecule has 0 atom stereocenters. The molecule has 0 aliphatic rings. The highest BCUT2D eigenvalue weighted by Crippen LogP contribution is 2.30. The summed E-state index contributed by atoms with van der Waals surface area (Å²) < 4.78 is 2.89. The summed E-state index contributed by atoms with van der Waals surface area (Å²) >= 11 is 7.06. The minimum absolute atomic E-state index is 0.140. The third-order valence-corrected chi connectivity index (χ3v) is 5.58. The summed E-state index contributed by atoms with van der Waals surface area (Å²) in [5.41, 5.74) is 3.92. The summed E-state index contributed by atoms with van der Waals surface area (Å²) in [6, 6.07) is 9.84. The molecule has 0 saturated heterocycles. The Kier molecular flexibility index (Phi) is 4.52. The number of carbonyl (C=O) groups is 1. The maximum atomic E-state index is 12.4. The highest BCUT2D eigenvalue weighted by molar-refractivity contribution is 14.1. The van der Waals surface area contributed by atoms with Gasteiger partial charge < -0.3 is 0 Å². The summed E-state index contributed by atoms with van der Waals surface area (Å²) in [5.74, 6) is -0.140. The predicted octanol–water partition coefficient (Wildman–Crippen LogP) is 5.53. The van der Waals surface area contributed by atoms with Crippen LogP contribution in [-0.2, 0) is 0 Å². The topological polar surface area (TPSA) is 42.0 Å². The molecule has 0 unspecified atom stereocenters. The van der Waals surface area contributed by atoms with Gasteiger partial charge in [0.2, 0.25) is 0 Å². The molecule has 0 radical (unpaired) electrons. The average Bonchev–Trinajstić information content (AvgIpc) is 2.84. The van der Waals surface area contributed by atoms with Gasteiger partial charge in [-0.3, -0.25) is 10.1 Å². The normalized spacial score (nSPS) is 10.9. The van der Waals surface area contributed by atoms with Gasteiger partial charge in [0.05, 0.1) is 15.8 Å². The van der Waals surface area contributed by atoms with E-state index >= 15 is 0 Å². The van der Waals surface area contributed by atoms with Crippen molar-refractivity contribution in [2.45, 2.75) is 13.8 Å². The third kappa shape index (κ3) is 3.18. The molecular formula is C16H12BrIN2OS. The van der Waals surface area contributed by atoms with Gasteiger partial charge in [-0.25, -0.2) is 4.98 Å². The molecule has 3 rings (SSSR count). The molecular weight excluding hydrogens is 475 g/mol. The number of nitrogens with one attached hydrogen (secondary N) is 1. The minimum atomic E-state index is -0.140. The van der Waals surface area contributed by atoms with E-state index in [0.29, 0.717) is 10.7 Å². The molecule has 0 aliphatic heterocycles. The minimum Gasteiger partial charge on any atom is -0.298 e. The van der Waals surface area contributed by atoms with E-state index in [1.54, 1.807) is 0 Å². The zero-order chi connectivity index (χ0) is 15.9. The number of rotatable bonds is 2. The quantitative estimate of drug-likeness (QED) is 0.483. The van der Waals surface area contributed by atoms with Crippen LogP contribution in [0.3, 0.4) is 0 Å². The summed E-state index contributed by atoms with van der Waals surface area (Å²) in [6.45, 7) is 4.10. The van der Waals surface area contributed by atoms with Crippen molar-refractivity contribution in [1.29, 1.82) is 0 Å². The second kappa shape index (κ2) is 6.25. The SMILES string of the molecule is Cc1cc(C)c2nc(NC(=O)c3cc(Br)ccc3I)sc2c1. The van der Waals surface area contributed by atoms with Crippen LogP contribution in [-0.4, -0.2) is 10.9 Å². The van der Waals surface area contributed by atoms with Crippen LogP contribution < -0.4 is 5.32 Å². The first-order chi connectivity index (χ1) is 10.4. The van der Waals surface area contributed by atoms with Crippen LogP contribution in [0, 0.1) is 17.4 Å². The predicted molar refractivity (Wildman–Crippen MR) is 104 cm³/mol. The number of aromatic nitrogens is 1. The fourth-order valence-corrected chi connectivity index (χ4v) is 4.24. The molecule has 0 aliphatic carbocycles. The number of amides is 1. The Morgan fingerprint density at radius 3 is 2.82 bits per heavy atom. The Morgan fingerprint density at radius 2 is 2.05 bits per heavy atom. The maximum absolute atomic E-state index is 12.4. The van der Waals surface area contributed by atoms with Crippen molar-refractivity contribution in [3.8, 4) is 0 Å². The lowest BCUT2D eigenvalue weighted by molar-refractivity contribution is 0.102. The number of anilines is 1. The molecule has 3 aromatic rings. The standard InChI is InChI=1S/C16H12BrIN2OS/c1-8-5-9(2)14-13(6-8)22-16(19-14)20-15(21)11-7-10(17)3-4-12(11)18/h3-7H,1-2H3,(H,19,20,21). The highest BCUT2D eigenvalue weighted by atomic mass is 127. The number of halogens is 2. The summed E-state index contributed by atoms with van der Waals surface area (Å²) in [6.07, 6.45) is 0. The molecule has 22 heavy (non-hydrogen) atoms. The number of benzene rings is 2. The molecule has 1 heterocycles.